The van der Waals surface area contributed by atoms with E-state index in [4.69, 9.17) is 11.6 Å². The minimum atomic E-state index is 0.0693. The van der Waals surface area contributed by atoms with Gasteiger partial charge in [0.15, 0.2) is 0 Å². The molecule has 0 radical (unpaired) electrons. The monoisotopic (exact) mass is 353 g/mol. The Labute approximate surface area is 129 Å². The predicted octanol–water partition coefficient (Wildman–Crippen LogP) is 3.18. The SMILES string of the molecule is Clc1c(Br)cnc2c1[C@]1(CC[C@H](n3ccnn3)C1)CN2. The number of pyridine rings is 1. The van der Waals surface area contributed by atoms with E-state index in [1.165, 1.54) is 0 Å². The fourth-order valence-electron chi connectivity index (χ4n) is 3.55. The average Bonchev–Trinajstić information content (AvgIpc) is 3.15. The van der Waals surface area contributed by atoms with Crippen molar-refractivity contribution in [2.45, 2.75) is 30.7 Å². The summed E-state index contributed by atoms with van der Waals surface area (Å²) in [7, 11) is 0. The molecule has 20 heavy (non-hydrogen) atoms. The van der Waals surface area contributed by atoms with Crippen molar-refractivity contribution in [2.75, 3.05) is 11.9 Å². The summed E-state index contributed by atoms with van der Waals surface area (Å²) in [5.41, 5.74) is 1.23. The lowest BCUT2D eigenvalue weighted by molar-refractivity contribution is 0.411. The lowest BCUT2D eigenvalue weighted by Gasteiger charge is -2.24. The van der Waals surface area contributed by atoms with Crippen LogP contribution < -0.4 is 5.32 Å². The quantitative estimate of drug-likeness (QED) is 0.854. The largest absolute Gasteiger partial charge is 0.369 e. The van der Waals surface area contributed by atoms with Gasteiger partial charge in [-0.15, -0.1) is 5.10 Å². The molecular formula is C13H13BrClN5. The van der Waals surface area contributed by atoms with Gasteiger partial charge in [0.2, 0.25) is 0 Å². The molecular weight excluding hydrogens is 342 g/mol. The molecule has 104 valence electrons. The van der Waals surface area contributed by atoms with Crippen LogP contribution in [0.25, 0.3) is 0 Å². The van der Waals surface area contributed by atoms with Crippen molar-refractivity contribution < 1.29 is 0 Å². The Bertz CT molecular complexity index is 659. The molecule has 1 fully saturated rings. The van der Waals surface area contributed by atoms with Crippen molar-refractivity contribution in [2.24, 2.45) is 0 Å². The fraction of sp³-hybridized carbons (Fsp3) is 0.462. The molecule has 2 atom stereocenters. The zero-order chi connectivity index (χ0) is 13.7. The number of rotatable bonds is 1. The van der Waals surface area contributed by atoms with Gasteiger partial charge in [0.1, 0.15) is 5.82 Å². The van der Waals surface area contributed by atoms with Crippen molar-refractivity contribution in [1.82, 2.24) is 20.0 Å². The van der Waals surface area contributed by atoms with Gasteiger partial charge in [0.25, 0.3) is 0 Å². The standard InChI is InChI=1S/C13H13BrClN5/c14-9-6-16-12-10(11(9)15)13(7-17-12)2-1-8(5-13)20-4-3-18-19-20/h3-4,6,8H,1-2,5,7H2,(H,16,17)/t8-,13-/m0/s1. The van der Waals surface area contributed by atoms with Gasteiger partial charge >= 0.3 is 0 Å². The first-order valence-corrected chi connectivity index (χ1v) is 7.81. The van der Waals surface area contributed by atoms with E-state index in [1.807, 2.05) is 10.9 Å². The van der Waals surface area contributed by atoms with Crippen molar-refractivity contribution in [1.29, 1.82) is 0 Å². The Kier molecular flexibility index (Phi) is 2.79. The molecule has 2 aliphatic rings. The molecule has 3 heterocycles. The second-order valence-corrected chi connectivity index (χ2v) is 6.79. The van der Waals surface area contributed by atoms with E-state index in [2.05, 4.69) is 36.5 Å². The summed E-state index contributed by atoms with van der Waals surface area (Å²) in [6.07, 6.45) is 8.64. The van der Waals surface area contributed by atoms with E-state index in [0.29, 0.717) is 6.04 Å². The molecule has 1 saturated carbocycles. The third kappa shape index (κ3) is 1.71. The molecule has 0 amide bonds. The molecule has 0 unspecified atom stereocenters. The Morgan fingerprint density at radius 3 is 3.20 bits per heavy atom. The van der Waals surface area contributed by atoms with E-state index in [0.717, 1.165) is 46.7 Å². The van der Waals surface area contributed by atoms with Crippen LogP contribution in [0.1, 0.15) is 30.9 Å². The van der Waals surface area contributed by atoms with E-state index < -0.39 is 0 Å². The summed E-state index contributed by atoms with van der Waals surface area (Å²) >= 11 is 10.0. The number of halogens is 2. The van der Waals surface area contributed by atoms with Gasteiger partial charge < -0.3 is 5.32 Å². The number of nitrogens with one attached hydrogen (secondary N) is 1. The summed E-state index contributed by atoms with van der Waals surface area (Å²) < 4.78 is 2.83. The van der Waals surface area contributed by atoms with Crippen LogP contribution in [0, 0.1) is 0 Å². The molecule has 0 aromatic carbocycles. The molecule has 1 aliphatic carbocycles. The van der Waals surface area contributed by atoms with Crippen LogP contribution in [-0.4, -0.2) is 26.5 Å². The van der Waals surface area contributed by atoms with Gasteiger partial charge in [-0.05, 0) is 35.2 Å². The molecule has 5 nitrogen and oxygen atoms in total. The molecule has 1 aliphatic heterocycles. The van der Waals surface area contributed by atoms with E-state index in [-0.39, 0.29) is 5.41 Å². The van der Waals surface area contributed by atoms with E-state index in [1.54, 1.807) is 12.4 Å². The first-order chi connectivity index (χ1) is 9.70. The summed E-state index contributed by atoms with van der Waals surface area (Å²) in [5, 5.41) is 12.2. The molecule has 0 bridgehead atoms. The fourth-order valence-corrected chi connectivity index (χ4v) is 4.19. The minimum absolute atomic E-state index is 0.0693. The minimum Gasteiger partial charge on any atom is -0.369 e. The van der Waals surface area contributed by atoms with Crippen LogP contribution in [0.4, 0.5) is 5.82 Å². The average molecular weight is 355 g/mol. The molecule has 1 N–H and O–H groups in total. The Balaban J connectivity index is 1.74. The zero-order valence-electron chi connectivity index (χ0n) is 10.7. The maximum absolute atomic E-state index is 6.52. The van der Waals surface area contributed by atoms with Crippen molar-refractivity contribution >= 4 is 33.3 Å². The Hall–Kier alpha value is -1.14. The van der Waals surface area contributed by atoms with Crippen LogP contribution in [-0.2, 0) is 5.41 Å². The zero-order valence-corrected chi connectivity index (χ0v) is 13.0. The van der Waals surface area contributed by atoms with Crippen LogP contribution in [0.5, 0.6) is 0 Å². The number of hydrogen-bond acceptors (Lipinski definition) is 4. The number of aromatic nitrogens is 4. The first-order valence-electron chi connectivity index (χ1n) is 6.64. The van der Waals surface area contributed by atoms with Gasteiger partial charge in [0.05, 0.1) is 21.7 Å². The van der Waals surface area contributed by atoms with Gasteiger partial charge in [-0.25, -0.2) is 9.67 Å². The highest BCUT2D eigenvalue weighted by Crippen LogP contribution is 2.53. The molecule has 0 saturated heterocycles. The normalized spacial score (nSPS) is 27.8. The molecule has 1 spiro atoms. The number of hydrogen-bond donors (Lipinski definition) is 1. The molecule has 2 aromatic heterocycles. The van der Waals surface area contributed by atoms with Crippen molar-refractivity contribution in [3.8, 4) is 0 Å². The summed E-state index contributed by atoms with van der Waals surface area (Å²) in [6.45, 7) is 0.900. The Morgan fingerprint density at radius 2 is 2.40 bits per heavy atom. The van der Waals surface area contributed by atoms with Crippen molar-refractivity contribution in [3.63, 3.8) is 0 Å². The number of nitrogens with zero attached hydrogens (tertiary/aromatic N) is 4. The third-order valence-electron chi connectivity index (χ3n) is 4.50. The summed E-state index contributed by atoms with van der Waals surface area (Å²) in [5.74, 6) is 0.928. The lowest BCUT2D eigenvalue weighted by atomic mass is 9.81. The summed E-state index contributed by atoms with van der Waals surface area (Å²) in [6, 6.07) is 0.389. The van der Waals surface area contributed by atoms with Crippen LogP contribution in [0.2, 0.25) is 5.02 Å². The van der Waals surface area contributed by atoms with Gasteiger partial charge in [0, 0.05) is 29.9 Å². The maximum atomic E-state index is 6.52. The third-order valence-corrected chi connectivity index (χ3v) is 5.72. The highest BCUT2D eigenvalue weighted by molar-refractivity contribution is 9.10. The number of fused-ring (bicyclic) bond motifs is 2. The smallest absolute Gasteiger partial charge is 0.131 e. The lowest BCUT2D eigenvalue weighted by Crippen LogP contribution is -2.26. The molecule has 7 heteroatoms. The summed E-state index contributed by atoms with van der Waals surface area (Å²) in [4.78, 5) is 4.45. The topological polar surface area (TPSA) is 55.6 Å². The van der Waals surface area contributed by atoms with Crippen LogP contribution >= 0.6 is 27.5 Å². The highest BCUT2D eigenvalue weighted by Gasteiger charge is 2.48. The predicted molar refractivity (Wildman–Crippen MR) is 80.0 cm³/mol. The highest BCUT2D eigenvalue weighted by atomic mass is 79.9. The second-order valence-electron chi connectivity index (χ2n) is 5.56. The van der Waals surface area contributed by atoms with Gasteiger partial charge in [-0.2, -0.15) is 0 Å². The van der Waals surface area contributed by atoms with Gasteiger partial charge in [-0.3, -0.25) is 0 Å². The van der Waals surface area contributed by atoms with Crippen molar-refractivity contribution in [3.05, 3.63) is 33.6 Å². The van der Waals surface area contributed by atoms with E-state index in [9.17, 15) is 0 Å². The first kappa shape index (κ1) is 12.6. The Morgan fingerprint density at radius 1 is 1.50 bits per heavy atom. The maximum Gasteiger partial charge on any atom is 0.131 e. The second kappa shape index (κ2) is 4.43. The number of anilines is 1. The van der Waals surface area contributed by atoms with Gasteiger partial charge in [-0.1, -0.05) is 16.8 Å². The van der Waals surface area contributed by atoms with Crippen LogP contribution in [0.3, 0.4) is 0 Å². The van der Waals surface area contributed by atoms with E-state index >= 15 is 0 Å². The molecule has 4 rings (SSSR count). The van der Waals surface area contributed by atoms with Crippen LogP contribution in [0.15, 0.2) is 23.1 Å². The molecule has 2 aromatic rings.